The SMILES string of the molecule is C[C@H](CC(Cc1ccc(-c2ccccc2)cc1)NC(=O)c1cc(C(N)=O)nc(O)n1)C(=O)O. The van der Waals surface area contributed by atoms with Gasteiger partial charge in [-0.05, 0) is 29.5 Å². The third kappa shape index (κ3) is 6.36. The maximum atomic E-state index is 12.8. The van der Waals surface area contributed by atoms with Gasteiger partial charge in [0.15, 0.2) is 0 Å². The molecule has 0 aliphatic carbocycles. The van der Waals surface area contributed by atoms with Gasteiger partial charge in [0.25, 0.3) is 11.8 Å². The van der Waals surface area contributed by atoms with E-state index in [1.165, 1.54) is 0 Å². The molecule has 9 nitrogen and oxygen atoms in total. The number of aromatic hydroxyl groups is 1. The van der Waals surface area contributed by atoms with Gasteiger partial charge in [-0.15, -0.1) is 0 Å². The first kappa shape index (κ1) is 23.4. The van der Waals surface area contributed by atoms with Crippen LogP contribution < -0.4 is 11.1 Å². The van der Waals surface area contributed by atoms with Gasteiger partial charge in [-0.1, -0.05) is 61.5 Å². The van der Waals surface area contributed by atoms with E-state index in [0.717, 1.165) is 22.8 Å². The standard InChI is InChI=1S/C24H24N4O5/c1-14(23(31)32)11-18(26-22(30)20-13-19(21(25)29)27-24(33)28-20)12-15-7-9-17(10-8-15)16-5-3-2-4-6-16/h2-10,13-14,18H,11-12H2,1H3,(H2,25,29)(H,26,30)(H,31,32)(H,27,28,33)/t14-,18?/m1/s1. The lowest BCUT2D eigenvalue weighted by atomic mass is 9.95. The molecule has 1 unspecified atom stereocenters. The highest BCUT2D eigenvalue weighted by atomic mass is 16.4. The summed E-state index contributed by atoms with van der Waals surface area (Å²) in [6.07, 6.45) is 0.541. The van der Waals surface area contributed by atoms with Crippen LogP contribution in [0.2, 0.25) is 0 Å². The average molecular weight is 448 g/mol. The molecule has 1 aromatic heterocycles. The molecule has 0 aliphatic heterocycles. The zero-order valence-corrected chi connectivity index (χ0v) is 17.9. The number of aromatic nitrogens is 2. The Labute approximate surface area is 190 Å². The fraction of sp³-hybridized carbons (Fsp3) is 0.208. The van der Waals surface area contributed by atoms with Crippen LogP contribution in [-0.2, 0) is 11.2 Å². The van der Waals surface area contributed by atoms with Crippen molar-refractivity contribution in [2.75, 3.05) is 0 Å². The van der Waals surface area contributed by atoms with Crippen molar-refractivity contribution in [2.24, 2.45) is 11.7 Å². The molecule has 33 heavy (non-hydrogen) atoms. The van der Waals surface area contributed by atoms with Gasteiger partial charge in [0.2, 0.25) is 0 Å². The lowest BCUT2D eigenvalue weighted by Gasteiger charge is -2.21. The number of carboxylic acids is 1. The van der Waals surface area contributed by atoms with Crippen LogP contribution in [-0.4, -0.2) is 44.0 Å². The fourth-order valence-corrected chi connectivity index (χ4v) is 3.41. The lowest BCUT2D eigenvalue weighted by Crippen LogP contribution is -2.39. The molecule has 3 rings (SSSR count). The molecular formula is C24H24N4O5. The average Bonchev–Trinajstić information content (AvgIpc) is 2.79. The van der Waals surface area contributed by atoms with Gasteiger partial charge in [-0.25, -0.2) is 0 Å². The molecular weight excluding hydrogens is 424 g/mol. The summed E-state index contributed by atoms with van der Waals surface area (Å²) in [5.74, 6) is -3.29. The highest BCUT2D eigenvalue weighted by molar-refractivity contribution is 5.97. The summed E-state index contributed by atoms with van der Waals surface area (Å²) in [4.78, 5) is 42.6. The molecule has 2 amide bonds. The lowest BCUT2D eigenvalue weighted by molar-refractivity contribution is -0.141. The monoisotopic (exact) mass is 448 g/mol. The molecule has 3 aromatic rings. The molecule has 0 radical (unpaired) electrons. The molecule has 1 heterocycles. The van der Waals surface area contributed by atoms with Crippen LogP contribution in [0, 0.1) is 5.92 Å². The van der Waals surface area contributed by atoms with Crippen LogP contribution in [0.5, 0.6) is 6.01 Å². The van der Waals surface area contributed by atoms with Crippen molar-refractivity contribution in [3.05, 3.63) is 77.6 Å². The number of carbonyl (C=O) groups is 3. The van der Waals surface area contributed by atoms with Gasteiger partial charge < -0.3 is 21.3 Å². The molecule has 0 spiro atoms. The Kier molecular flexibility index (Phi) is 7.34. The Bertz CT molecular complexity index is 1150. The molecule has 2 atom stereocenters. The smallest absolute Gasteiger partial charge is 0.315 e. The normalized spacial score (nSPS) is 12.5. The quantitative estimate of drug-likeness (QED) is 0.392. The third-order valence-corrected chi connectivity index (χ3v) is 5.14. The van der Waals surface area contributed by atoms with Crippen molar-refractivity contribution in [3.63, 3.8) is 0 Å². The summed E-state index contributed by atoms with van der Waals surface area (Å²) in [6.45, 7) is 1.56. The molecule has 0 aliphatic rings. The number of nitrogens with zero attached hydrogens (tertiary/aromatic N) is 2. The largest absolute Gasteiger partial charge is 0.481 e. The van der Waals surface area contributed by atoms with Gasteiger partial charge in [0, 0.05) is 12.1 Å². The van der Waals surface area contributed by atoms with E-state index < -0.39 is 35.8 Å². The molecule has 170 valence electrons. The second-order valence-electron chi connectivity index (χ2n) is 7.72. The van der Waals surface area contributed by atoms with Crippen LogP contribution in [0.15, 0.2) is 60.7 Å². The van der Waals surface area contributed by atoms with Gasteiger partial charge in [0.05, 0.1) is 5.92 Å². The molecule has 2 aromatic carbocycles. The number of aliphatic carboxylic acids is 1. The van der Waals surface area contributed by atoms with Crippen LogP contribution in [0.25, 0.3) is 11.1 Å². The Morgan fingerprint density at radius 2 is 1.58 bits per heavy atom. The topological polar surface area (TPSA) is 156 Å². The van der Waals surface area contributed by atoms with Gasteiger partial charge in [0.1, 0.15) is 11.4 Å². The Morgan fingerprint density at radius 1 is 0.970 bits per heavy atom. The van der Waals surface area contributed by atoms with E-state index in [1.807, 2.05) is 54.6 Å². The summed E-state index contributed by atoms with van der Waals surface area (Å²) in [6, 6.07) is 17.4. The first-order valence-electron chi connectivity index (χ1n) is 10.3. The highest BCUT2D eigenvalue weighted by Crippen LogP contribution is 2.21. The van der Waals surface area contributed by atoms with Gasteiger partial charge >= 0.3 is 12.0 Å². The number of hydrogen-bond acceptors (Lipinski definition) is 6. The minimum atomic E-state index is -0.982. The predicted octanol–water partition coefficient (Wildman–Crippen LogP) is 2.40. The Morgan fingerprint density at radius 3 is 2.18 bits per heavy atom. The summed E-state index contributed by atoms with van der Waals surface area (Å²) < 4.78 is 0. The van der Waals surface area contributed by atoms with E-state index >= 15 is 0 Å². The van der Waals surface area contributed by atoms with Crippen molar-refractivity contribution in [1.29, 1.82) is 0 Å². The van der Waals surface area contributed by atoms with Crippen LogP contribution in [0.4, 0.5) is 0 Å². The third-order valence-electron chi connectivity index (χ3n) is 5.14. The van der Waals surface area contributed by atoms with E-state index in [0.29, 0.717) is 6.42 Å². The highest BCUT2D eigenvalue weighted by Gasteiger charge is 2.23. The second kappa shape index (κ2) is 10.4. The second-order valence-corrected chi connectivity index (χ2v) is 7.72. The number of amides is 2. The number of nitrogens with one attached hydrogen (secondary N) is 1. The molecule has 0 saturated carbocycles. The van der Waals surface area contributed by atoms with E-state index in [2.05, 4.69) is 15.3 Å². The number of rotatable bonds is 9. The maximum Gasteiger partial charge on any atom is 0.315 e. The van der Waals surface area contributed by atoms with Crippen molar-refractivity contribution in [2.45, 2.75) is 25.8 Å². The van der Waals surface area contributed by atoms with Gasteiger partial charge in [-0.3, -0.25) is 14.4 Å². The zero-order valence-electron chi connectivity index (χ0n) is 17.9. The molecule has 9 heteroatoms. The van der Waals surface area contributed by atoms with Crippen LogP contribution in [0.1, 0.15) is 39.9 Å². The maximum absolute atomic E-state index is 12.8. The number of primary amides is 1. The van der Waals surface area contributed by atoms with Crippen LogP contribution >= 0.6 is 0 Å². The summed E-state index contributed by atoms with van der Waals surface area (Å²) in [5, 5.41) is 21.7. The zero-order chi connectivity index (χ0) is 24.0. The summed E-state index contributed by atoms with van der Waals surface area (Å²) in [7, 11) is 0. The first-order valence-corrected chi connectivity index (χ1v) is 10.3. The fourth-order valence-electron chi connectivity index (χ4n) is 3.41. The Balaban J connectivity index is 1.79. The number of hydrogen-bond donors (Lipinski definition) is 4. The van der Waals surface area contributed by atoms with E-state index in [-0.39, 0.29) is 17.8 Å². The molecule has 0 fully saturated rings. The van der Waals surface area contributed by atoms with E-state index in [4.69, 9.17) is 5.73 Å². The number of carboxylic acid groups (broad SMARTS) is 1. The van der Waals surface area contributed by atoms with Gasteiger partial charge in [-0.2, -0.15) is 9.97 Å². The number of nitrogens with two attached hydrogens (primary N) is 1. The van der Waals surface area contributed by atoms with E-state index in [1.54, 1.807) is 6.92 Å². The molecule has 0 saturated heterocycles. The summed E-state index contributed by atoms with van der Waals surface area (Å²) >= 11 is 0. The molecule has 5 N–H and O–H groups in total. The summed E-state index contributed by atoms with van der Waals surface area (Å²) in [5.41, 5.74) is 7.63. The van der Waals surface area contributed by atoms with Crippen molar-refractivity contribution in [1.82, 2.24) is 15.3 Å². The number of benzene rings is 2. The number of carbonyl (C=O) groups excluding carboxylic acids is 2. The predicted molar refractivity (Wildman–Crippen MR) is 120 cm³/mol. The molecule has 0 bridgehead atoms. The van der Waals surface area contributed by atoms with Crippen molar-refractivity contribution >= 4 is 17.8 Å². The Hall–Kier alpha value is -4.27. The first-order chi connectivity index (χ1) is 15.7. The van der Waals surface area contributed by atoms with Crippen molar-refractivity contribution in [3.8, 4) is 17.1 Å². The minimum Gasteiger partial charge on any atom is -0.481 e. The van der Waals surface area contributed by atoms with Crippen molar-refractivity contribution < 1.29 is 24.6 Å². The van der Waals surface area contributed by atoms with E-state index in [9.17, 15) is 24.6 Å². The minimum absolute atomic E-state index is 0.168. The van der Waals surface area contributed by atoms with Crippen LogP contribution in [0.3, 0.4) is 0 Å².